The number of rotatable bonds is 13. The molecule has 7 nitrogen and oxygen atoms in total. The molecule has 1 rings (SSSR count). The fourth-order valence-corrected chi connectivity index (χ4v) is 2.80. The Balaban J connectivity index is 2.91. The van der Waals surface area contributed by atoms with Crippen LogP contribution < -0.4 is 9.47 Å². The van der Waals surface area contributed by atoms with E-state index in [1.807, 2.05) is 32.0 Å². The van der Waals surface area contributed by atoms with E-state index in [9.17, 15) is 14.7 Å². The number of hydrogen-bond acceptors (Lipinski definition) is 6. The number of benzene rings is 1. The molecule has 0 radical (unpaired) electrons. The Morgan fingerprint density at radius 3 is 2.52 bits per heavy atom. The topological polar surface area (TPSA) is 94.4 Å². The van der Waals surface area contributed by atoms with E-state index >= 15 is 0 Å². The summed E-state index contributed by atoms with van der Waals surface area (Å²) in [6, 6.07) is 4.63. The average Bonchev–Trinajstić information content (AvgIpc) is 2.64. The SMILES string of the molecule is COCCCOc1cc(CC(CC(N=C=O)C(=O)O)C(C)C)ccc1OC. The second kappa shape index (κ2) is 12.1. The zero-order chi connectivity index (χ0) is 20.2. The number of ether oxygens (including phenoxy) is 3. The largest absolute Gasteiger partial charge is 0.493 e. The number of hydrogen-bond donors (Lipinski definition) is 1. The van der Waals surface area contributed by atoms with Gasteiger partial charge in [-0.15, -0.1) is 0 Å². The third kappa shape index (κ3) is 7.81. The van der Waals surface area contributed by atoms with E-state index in [1.54, 1.807) is 14.2 Å². The molecular formula is C20H29NO6. The van der Waals surface area contributed by atoms with Crippen molar-refractivity contribution in [2.45, 2.75) is 39.2 Å². The van der Waals surface area contributed by atoms with Crippen molar-refractivity contribution in [2.24, 2.45) is 16.8 Å². The highest BCUT2D eigenvalue weighted by Crippen LogP contribution is 2.31. The molecule has 0 aliphatic rings. The minimum Gasteiger partial charge on any atom is -0.493 e. The molecule has 2 atom stereocenters. The zero-order valence-corrected chi connectivity index (χ0v) is 16.4. The van der Waals surface area contributed by atoms with E-state index in [0.717, 1.165) is 12.0 Å². The summed E-state index contributed by atoms with van der Waals surface area (Å²) in [5, 5.41) is 9.23. The van der Waals surface area contributed by atoms with Crippen LogP contribution in [-0.4, -0.2) is 50.6 Å². The van der Waals surface area contributed by atoms with Gasteiger partial charge in [0.2, 0.25) is 6.08 Å². The average molecular weight is 379 g/mol. The summed E-state index contributed by atoms with van der Waals surface area (Å²) in [5.74, 6) is 0.446. The normalized spacial score (nSPS) is 12.9. The second-order valence-electron chi connectivity index (χ2n) is 6.70. The highest BCUT2D eigenvalue weighted by Gasteiger charge is 2.25. The van der Waals surface area contributed by atoms with Crippen LogP contribution in [0.3, 0.4) is 0 Å². The van der Waals surface area contributed by atoms with Gasteiger partial charge in [-0.25, -0.2) is 9.59 Å². The van der Waals surface area contributed by atoms with Crippen LogP contribution in [0.1, 0.15) is 32.3 Å². The fourth-order valence-electron chi connectivity index (χ4n) is 2.80. The summed E-state index contributed by atoms with van der Waals surface area (Å²) in [5.41, 5.74) is 1.01. The predicted octanol–water partition coefficient (Wildman–Crippen LogP) is 3.10. The van der Waals surface area contributed by atoms with Crippen LogP contribution in [0, 0.1) is 11.8 Å². The molecule has 0 aromatic heterocycles. The van der Waals surface area contributed by atoms with Gasteiger partial charge in [-0.05, 0) is 42.4 Å². The Labute approximate surface area is 160 Å². The number of carbonyl (C=O) groups is 1. The van der Waals surface area contributed by atoms with E-state index in [0.29, 0.717) is 31.1 Å². The Kier molecular flexibility index (Phi) is 10.2. The Bertz CT molecular complexity index is 637. The van der Waals surface area contributed by atoms with Crippen LogP contribution in [0.2, 0.25) is 0 Å². The van der Waals surface area contributed by atoms with Gasteiger partial charge in [-0.1, -0.05) is 19.9 Å². The molecular weight excluding hydrogens is 350 g/mol. The number of carboxylic acid groups (broad SMARTS) is 1. The molecule has 7 heteroatoms. The molecule has 0 amide bonds. The lowest BCUT2D eigenvalue weighted by molar-refractivity contribution is -0.138. The molecule has 1 N–H and O–H groups in total. The summed E-state index contributed by atoms with van der Waals surface area (Å²) in [6.07, 6.45) is 3.05. The van der Waals surface area contributed by atoms with Crippen molar-refractivity contribution in [1.29, 1.82) is 0 Å². The molecule has 2 unspecified atom stereocenters. The molecule has 0 heterocycles. The van der Waals surface area contributed by atoms with Gasteiger partial charge in [-0.3, -0.25) is 0 Å². The summed E-state index contributed by atoms with van der Waals surface area (Å²) in [6.45, 7) is 5.18. The first-order valence-corrected chi connectivity index (χ1v) is 9.01. The zero-order valence-electron chi connectivity index (χ0n) is 16.4. The number of isocyanates is 1. The molecule has 0 saturated carbocycles. The first kappa shape index (κ1) is 22.7. The van der Waals surface area contributed by atoms with Crippen molar-refractivity contribution in [3.63, 3.8) is 0 Å². The molecule has 1 aromatic rings. The number of carboxylic acids is 1. The Morgan fingerprint density at radius 2 is 1.96 bits per heavy atom. The third-order valence-corrected chi connectivity index (χ3v) is 4.44. The van der Waals surface area contributed by atoms with Crippen molar-refractivity contribution in [3.05, 3.63) is 23.8 Å². The van der Waals surface area contributed by atoms with Gasteiger partial charge in [-0.2, -0.15) is 4.99 Å². The Hall–Kier alpha value is -2.37. The number of methoxy groups -OCH3 is 2. The smallest absolute Gasteiger partial charge is 0.329 e. The predicted molar refractivity (Wildman–Crippen MR) is 101 cm³/mol. The van der Waals surface area contributed by atoms with E-state index in [1.165, 1.54) is 6.08 Å². The maximum atomic E-state index is 11.3. The molecule has 1 aromatic carbocycles. The highest BCUT2D eigenvalue weighted by molar-refractivity contribution is 5.74. The van der Waals surface area contributed by atoms with E-state index < -0.39 is 12.0 Å². The summed E-state index contributed by atoms with van der Waals surface area (Å²) in [4.78, 5) is 25.2. The van der Waals surface area contributed by atoms with E-state index in [-0.39, 0.29) is 18.3 Å². The van der Waals surface area contributed by atoms with E-state index in [4.69, 9.17) is 14.2 Å². The second-order valence-corrected chi connectivity index (χ2v) is 6.70. The minimum atomic E-state index is -1.11. The molecule has 0 fully saturated rings. The summed E-state index contributed by atoms with van der Waals surface area (Å²) >= 11 is 0. The van der Waals surface area contributed by atoms with Crippen LogP contribution in [0.25, 0.3) is 0 Å². The van der Waals surface area contributed by atoms with Crippen molar-refractivity contribution in [2.75, 3.05) is 27.4 Å². The molecule has 0 aliphatic heterocycles. The molecule has 0 spiro atoms. The number of aliphatic carboxylic acids is 1. The molecule has 27 heavy (non-hydrogen) atoms. The van der Waals surface area contributed by atoms with Gasteiger partial charge in [0.25, 0.3) is 0 Å². The highest BCUT2D eigenvalue weighted by atomic mass is 16.5. The number of carbonyl (C=O) groups excluding carboxylic acids is 1. The van der Waals surface area contributed by atoms with Crippen LogP contribution in [0.15, 0.2) is 23.2 Å². The third-order valence-electron chi connectivity index (χ3n) is 4.44. The van der Waals surface area contributed by atoms with Crippen LogP contribution in [0.4, 0.5) is 0 Å². The monoisotopic (exact) mass is 379 g/mol. The quantitative estimate of drug-likeness (QED) is 0.321. The van der Waals surface area contributed by atoms with Crippen molar-refractivity contribution < 1.29 is 28.9 Å². The first-order valence-electron chi connectivity index (χ1n) is 9.01. The first-order chi connectivity index (χ1) is 12.9. The van der Waals surface area contributed by atoms with Crippen molar-refractivity contribution in [1.82, 2.24) is 0 Å². The minimum absolute atomic E-state index is 0.0398. The lowest BCUT2D eigenvalue weighted by Crippen LogP contribution is -2.25. The van der Waals surface area contributed by atoms with Crippen LogP contribution in [-0.2, 0) is 20.7 Å². The van der Waals surface area contributed by atoms with Crippen molar-refractivity contribution in [3.8, 4) is 11.5 Å². The van der Waals surface area contributed by atoms with Gasteiger partial charge in [0, 0.05) is 20.1 Å². The Morgan fingerprint density at radius 1 is 1.22 bits per heavy atom. The molecule has 150 valence electrons. The van der Waals surface area contributed by atoms with Crippen molar-refractivity contribution >= 4 is 12.0 Å². The van der Waals surface area contributed by atoms with Gasteiger partial charge < -0.3 is 19.3 Å². The van der Waals surface area contributed by atoms with E-state index in [2.05, 4.69) is 4.99 Å². The molecule has 0 saturated heterocycles. The fraction of sp³-hybridized carbons (Fsp3) is 0.600. The standard InChI is InChI=1S/C20H29NO6/c1-14(2)16(12-17(20(23)24)21-13-22)10-15-6-7-18(26-4)19(11-15)27-9-5-8-25-3/h6-7,11,14,16-17H,5,8-10,12H2,1-4H3,(H,23,24). The number of aliphatic imine (C=N–C) groups is 1. The van der Waals surface area contributed by atoms with Gasteiger partial charge >= 0.3 is 5.97 Å². The summed E-state index contributed by atoms with van der Waals surface area (Å²) < 4.78 is 16.2. The van der Waals surface area contributed by atoms with Gasteiger partial charge in [0.1, 0.15) is 0 Å². The van der Waals surface area contributed by atoms with Gasteiger partial charge in [0.15, 0.2) is 17.5 Å². The lowest BCUT2D eigenvalue weighted by Gasteiger charge is -2.23. The summed E-state index contributed by atoms with van der Waals surface area (Å²) in [7, 11) is 3.23. The van der Waals surface area contributed by atoms with Crippen LogP contribution in [0.5, 0.6) is 11.5 Å². The van der Waals surface area contributed by atoms with Gasteiger partial charge in [0.05, 0.1) is 13.7 Å². The molecule has 0 aliphatic carbocycles. The van der Waals surface area contributed by atoms with Crippen LogP contribution >= 0.6 is 0 Å². The lowest BCUT2D eigenvalue weighted by atomic mass is 9.84. The maximum absolute atomic E-state index is 11.3. The number of nitrogens with zero attached hydrogens (tertiary/aromatic N) is 1. The molecule has 0 bridgehead atoms. The maximum Gasteiger partial charge on any atom is 0.329 e.